The van der Waals surface area contributed by atoms with Gasteiger partial charge in [-0.25, -0.2) is 0 Å². The van der Waals surface area contributed by atoms with E-state index in [1.807, 2.05) is 79.7 Å². The summed E-state index contributed by atoms with van der Waals surface area (Å²) in [6, 6.07) is 22.8. The molecule has 0 fully saturated rings. The normalized spacial score (nSPS) is 11.8. The Morgan fingerprint density at radius 2 is 1.62 bits per heavy atom. The van der Waals surface area contributed by atoms with Crippen LogP contribution in [-0.4, -0.2) is 25.2 Å². The summed E-state index contributed by atoms with van der Waals surface area (Å²) in [6.07, 6.45) is 1.28. The van der Waals surface area contributed by atoms with E-state index in [2.05, 4.69) is 5.32 Å². The van der Waals surface area contributed by atoms with E-state index in [1.54, 1.807) is 4.90 Å². The van der Waals surface area contributed by atoms with Crippen molar-refractivity contribution in [3.63, 3.8) is 0 Å². The van der Waals surface area contributed by atoms with Crippen LogP contribution in [0.4, 0.5) is 11.4 Å². The van der Waals surface area contributed by atoms with Crippen LogP contribution >= 0.6 is 0 Å². The van der Waals surface area contributed by atoms with E-state index in [0.717, 1.165) is 28.3 Å². The molecule has 1 aliphatic heterocycles. The number of likely N-dealkylation sites (N-methyl/N-ethyl adjacent to an activating group) is 1. The number of aryl methyl sites for hydroxylation is 1. The molecule has 6 heteroatoms. The Morgan fingerprint density at radius 1 is 0.906 bits per heavy atom. The molecule has 0 atom stereocenters. The zero-order chi connectivity index (χ0) is 22.3. The number of rotatable bonds is 8. The number of carbonyl (C=O) groups is 2. The quantitative estimate of drug-likeness (QED) is 0.568. The molecule has 4 rings (SSSR count). The molecule has 0 spiro atoms. The number of para-hydroxylation sites is 1. The summed E-state index contributed by atoms with van der Waals surface area (Å²) in [5.74, 6) is 1.44. The first kappa shape index (κ1) is 21.4. The molecule has 0 bridgehead atoms. The largest absolute Gasteiger partial charge is 0.454 e. The van der Waals surface area contributed by atoms with Gasteiger partial charge in [0.2, 0.25) is 18.6 Å². The minimum Gasteiger partial charge on any atom is -0.454 e. The molecule has 0 aromatic heterocycles. The van der Waals surface area contributed by atoms with Gasteiger partial charge in [-0.15, -0.1) is 0 Å². The summed E-state index contributed by atoms with van der Waals surface area (Å²) in [7, 11) is 0. The maximum atomic E-state index is 12.7. The van der Waals surface area contributed by atoms with Crippen LogP contribution in [0.15, 0.2) is 72.8 Å². The predicted molar refractivity (Wildman–Crippen MR) is 124 cm³/mol. The topological polar surface area (TPSA) is 67.9 Å². The van der Waals surface area contributed by atoms with Gasteiger partial charge in [-0.3, -0.25) is 9.59 Å². The summed E-state index contributed by atoms with van der Waals surface area (Å²) in [5.41, 5.74) is 3.54. The molecule has 1 heterocycles. The molecule has 0 saturated heterocycles. The van der Waals surface area contributed by atoms with Gasteiger partial charge in [-0.05, 0) is 60.9 Å². The Balaban J connectivity index is 1.28. The van der Waals surface area contributed by atoms with Crippen molar-refractivity contribution in [2.45, 2.75) is 26.2 Å². The minimum atomic E-state index is -0.0623. The van der Waals surface area contributed by atoms with Gasteiger partial charge < -0.3 is 19.7 Å². The zero-order valence-electron chi connectivity index (χ0n) is 18.0. The molecule has 3 aromatic rings. The van der Waals surface area contributed by atoms with Crippen LogP contribution in [0.2, 0.25) is 0 Å². The van der Waals surface area contributed by atoms with Crippen LogP contribution < -0.4 is 19.7 Å². The van der Waals surface area contributed by atoms with Gasteiger partial charge in [0.05, 0.1) is 6.42 Å². The molecular weight excluding hydrogens is 404 g/mol. The third-order valence-electron chi connectivity index (χ3n) is 5.36. The van der Waals surface area contributed by atoms with E-state index in [-0.39, 0.29) is 18.6 Å². The second-order valence-electron chi connectivity index (χ2n) is 7.58. The molecule has 0 radical (unpaired) electrons. The highest BCUT2D eigenvalue weighted by atomic mass is 16.7. The van der Waals surface area contributed by atoms with Crippen LogP contribution in [0.3, 0.4) is 0 Å². The van der Waals surface area contributed by atoms with Crippen LogP contribution in [-0.2, 0) is 22.4 Å². The monoisotopic (exact) mass is 430 g/mol. The fraction of sp³-hybridized carbons (Fsp3) is 0.231. The smallest absolute Gasteiger partial charge is 0.231 e. The van der Waals surface area contributed by atoms with Gasteiger partial charge in [0.1, 0.15) is 0 Å². The van der Waals surface area contributed by atoms with Crippen molar-refractivity contribution in [3.8, 4) is 11.5 Å². The summed E-state index contributed by atoms with van der Waals surface area (Å²) in [5, 5.41) is 2.91. The van der Waals surface area contributed by atoms with Crippen molar-refractivity contribution in [3.05, 3.63) is 83.9 Å². The first-order valence-corrected chi connectivity index (χ1v) is 10.7. The molecule has 0 unspecified atom stereocenters. The van der Waals surface area contributed by atoms with Crippen molar-refractivity contribution in [1.82, 2.24) is 0 Å². The van der Waals surface area contributed by atoms with Crippen LogP contribution in [0.1, 0.15) is 24.5 Å². The summed E-state index contributed by atoms with van der Waals surface area (Å²) in [6.45, 7) is 2.82. The molecule has 0 aliphatic carbocycles. The van der Waals surface area contributed by atoms with Gasteiger partial charge in [-0.1, -0.05) is 36.4 Å². The van der Waals surface area contributed by atoms with E-state index in [4.69, 9.17) is 9.47 Å². The molecule has 1 N–H and O–H groups in total. The number of ether oxygens (including phenoxy) is 2. The van der Waals surface area contributed by atoms with Crippen molar-refractivity contribution >= 4 is 23.2 Å². The lowest BCUT2D eigenvalue weighted by Gasteiger charge is -2.21. The Hall–Kier alpha value is -3.80. The third kappa shape index (κ3) is 5.27. The number of nitrogens with one attached hydrogen (secondary N) is 1. The molecule has 0 saturated carbocycles. The number of amides is 2. The maximum absolute atomic E-state index is 12.7. The fourth-order valence-electron chi connectivity index (χ4n) is 3.66. The Labute approximate surface area is 187 Å². The van der Waals surface area contributed by atoms with Crippen LogP contribution in [0.25, 0.3) is 0 Å². The molecule has 6 nitrogen and oxygen atoms in total. The highest BCUT2D eigenvalue weighted by Gasteiger charge is 2.15. The number of hydrogen-bond donors (Lipinski definition) is 1. The number of anilines is 2. The van der Waals surface area contributed by atoms with Crippen LogP contribution in [0.5, 0.6) is 11.5 Å². The lowest BCUT2D eigenvalue weighted by Crippen LogP contribution is -2.31. The molecule has 32 heavy (non-hydrogen) atoms. The van der Waals surface area contributed by atoms with E-state index in [1.165, 1.54) is 0 Å². The molecule has 3 aromatic carbocycles. The van der Waals surface area contributed by atoms with Crippen molar-refractivity contribution < 1.29 is 19.1 Å². The Kier molecular flexibility index (Phi) is 6.70. The van der Waals surface area contributed by atoms with E-state index in [9.17, 15) is 9.59 Å². The minimum absolute atomic E-state index is 0.0409. The SMILES string of the molecule is CCN(C(=O)Cc1ccc(NC(=O)CCc2ccc3c(c2)OCO3)cc1)c1ccccc1. The number of fused-ring (bicyclic) bond motifs is 1. The van der Waals surface area contributed by atoms with E-state index < -0.39 is 0 Å². The van der Waals surface area contributed by atoms with Gasteiger partial charge in [0.15, 0.2) is 11.5 Å². The van der Waals surface area contributed by atoms with Crippen molar-refractivity contribution in [2.75, 3.05) is 23.6 Å². The van der Waals surface area contributed by atoms with Gasteiger partial charge in [0.25, 0.3) is 0 Å². The third-order valence-corrected chi connectivity index (χ3v) is 5.36. The summed E-state index contributed by atoms with van der Waals surface area (Å²) < 4.78 is 10.7. The average molecular weight is 431 g/mol. The molecule has 1 aliphatic rings. The fourth-order valence-corrected chi connectivity index (χ4v) is 3.66. The predicted octanol–water partition coefficient (Wildman–Crippen LogP) is 4.58. The Bertz CT molecular complexity index is 1080. The molecule has 2 amide bonds. The number of benzene rings is 3. The van der Waals surface area contributed by atoms with E-state index in [0.29, 0.717) is 31.5 Å². The first-order valence-electron chi connectivity index (χ1n) is 10.7. The van der Waals surface area contributed by atoms with Crippen molar-refractivity contribution in [2.24, 2.45) is 0 Å². The van der Waals surface area contributed by atoms with Crippen LogP contribution in [0, 0.1) is 0 Å². The highest BCUT2D eigenvalue weighted by molar-refractivity contribution is 5.95. The van der Waals surface area contributed by atoms with Gasteiger partial charge >= 0.3 is 0 Å². The molecular formula is C26H26N2O4. The summed E-state index contributed by atoms with van der Waals surface area (Å²) in [4.78, 5) is 26.8. The average Bonchev–Trinajstić information content (AvgIpc) is 3.28. The van der Waals surface area contributed by atoms with E-state index >= 15 is 0 Å². The highest BCUT2D eigenvalue weighted by Crippen LogP contribution is 2.32. The van der Waals surface area contributed by atoms with Gasteiger partial charge in [-0.2, -0.15) is 0 Å². The second kappa shape index (κ2) is 10.0. The zero-order valence-corrected chi connectivity index (χ0v) is 18.0. The molecule has 164 valence electrons. The second-order valence-corrected chi connectivity index (χ2v) is 7.58. The standard InChI is InChI=1S/C26H26N2O4/c1-2-28(22-6-4-3-5-7-22)26(30)17-20-8-12-21(13-9-20)27-25(29)15-11-19-10-14-23-24(16-19)32-18-31-23/h3-10,12-14,16H,2,11,15,17-18H2,1H3,(H,27,29). The summed E-state index contributed by atoms with van der Waals surface area (Å²) >= 11 is 0. The number of hydrogen-bond acceptors (Lipinski definition) is 4. The lowest BCUT2D eigenvalue weighted by molar-refractivity contribution is -0.118. The lowest BCUT2D eigenvalue weighted by atomic mass is 10.1. The maximum Gasteiger partial charge on any atom is 0.231 e. The van der Waals surface area contributed by atoms with Gasteiger partial charge in [0, 0.05) is 24.3 Å². The number of carbonyl (C=O) groups excluding carboxylic acids is 2. The van der Waals surface area contributed by atoms with Crippen molar-refractivity contribution in [1.29, 1.82) is 0 Å². The Morgan fingerprint density at radius 3 is 2.38 bits per heavy atom. The number of nitrogens with zero attached hydrogens (tertiary/aromatic N) is 1. The first-order chi connectivity index (χ1) is 15.6.